The maximum Gasteiger partial charge on any atom is 0.175 e. The summed E-state index contributed by atoms with van der Waals surface area (Å²) in [4.78, 5) is 4.42. The third kappa shape index (κ3) is 2.24. The lowest BCUT2D eigenvalue weighted by Gasteiger charge is -2.20. The number of aromatic nitrogens is 2. The maximum atomic E-state index is 6.16. The van der Waals surface area contributed by atoms with Gasteiger partial charge in [0.1, 0.15) is 24.7 Å². The molecule has 0 bridgehead atoms. The molecule has 1 aliphatic rings. The molecular weight excluding hydrogens is 322 g/mol. The van der Waals surface area contributed by atoms with Crippen molar-refractivity contribution in [3.63, 3.8) is 0 Å². The van der Waals surface area contributed by atoms with Crippen molar-refractivity contribution < 1.29 is 9.47 Å². The summed E-state index contributed by atoms with van der Waals surface area (Å²) in [6.07, 6.45) is 2.80. The molecule has 0 fully saturated rings. The van der Waals surface area contributed by atoms with Gasteiger partial charge in [0.25, 0.3) is 0 Å². The van der Waals surface area contributed by atoms with Gasteiger partial charge in [-0.15, -0.1) is 0 Å². The molecule has 0 aliphatic carbocycles. The first-order valence-corrected chi connectivity index (χ1v) is 7.40. The Morgan fingerprint density at radius 1 is 1.35 bits per heavy atom. The van der Waals surface area contributed by atoms with Crippen molar-refractivity contribution in [2.45, 2.75) is 19.9 Å². The number of fused-ring (bicyclic) bond motifs is 1. The van der Waals surface area contributed by atoms with Gasteiger partial charge in [-0.05, 0) is 34.5 Å². The van der Waals surface area contributed by atoms with Gasteiger partial charge >= 0.3 is 0 Å². The molecule has 0 radical (unpaired) electrons. The van der Waals surface area contributed by atoms with Gasteiger partial charge in [-0.1, -0.05) is 6.92 Å². The van der Waals surface area contributed by atoms with Crippen LogP contribution < -0.4 is 15.2 Å². The Bertz CT molecular complexity index is 640. The second kappa shape index (κ2) is 5.36. The zero-order chi connectivity index (χ0) is 14.1. The summed E-state index contributed by atoms with van der Waals surface area (Å²) in [6, 6.07) is 3.89. The van der Waals surface area contributed by atoms with E-state index in [0.717, 1.165) is 40.2 Å². The second-order valence-electron chi connectivity index (χ2n) is 4.65. The zero-order valence-corrected chi connectivity index (χ0v) is 12.8. The highest BCUT2D eigenvalue weighted by atomic mass is 79.9. The minimum absolute atomic E-state index is 0.558. The quantitative estimate of drug-likeness (QED) is 0.934. The van der Waals surface area contributed by atoms with Crippen LogP contribution in [0.4, 0.5) is 5.82 Å². The third-order valence-electron chi connectivity index (χ3n) is 3.21. The molecule has 0 unspecified atom stereocenters. The molecule has 1 aliphatic heterocycles. The molecule has 0 saturated carbocycles. The lowest BCUT2D eigenvalue weighted by Crippen LogP contribution is -2.15. The highest BCUT2D eigenvalue weighted by molar-refractivity contribution is 9.10. The highest BCUT2D eigenvalue weighted by Crippen LogP contribution is 2.41. The number of anilines is 1. The molecule has 0 spiro atoms. The van der Waals surface area contributed by atoms with Crippen LogP contribution in [0.2, 0.25) is 0 Å². The first-order chi connectivity index (χ1) is 9.70. The third-order valence-corrected chi connectivity index (χ3v) is 3.80. The van der Waals surface area contributed by atoms with E-state index in [9.17, 15) is 0 Å². The molecule has 6 heteroatoms. The minimum atomic E-state index is 0.558. The Morgan fingerprint density at radius 3 is 2.95 bits per heavy atom. The number of halogens is 1. The lowest BCUT2D eigenvalue weighted by atomic mass is 10.1. The van der Waals surface area contributed by atoms with Crippen LogP contribution in [0.1, 0.15) is 13.3 Å². The molecule has 2 N–H and O–H groups in total. The van der Waals surface area contributed by atoms with E-state index in [1.807, 2.05) is 16.7 Å². The number of rotatable bonds is 3. The minimum Gasteiger partial charge on any atom is -0.486 e. The van der Waals surface area contributed by atoms with E-state index in [0.29, 0.717) is 19.0 Å². The zero-order valence-electron chi connectivity index (χ0n) is 11.2. The van der Waals surface area contributed by atoms with Crippen LogP contribution in [-0.2, 0) is 6.54 Å². The fourth-order valence-electron chi connectivity index (χ4n) is 2.28. The predicted octanol–water partition coefficient (Wildman–Crippen LogP) is 3.08. The molecular formula is C14H16BrN3O2. The van der Waals surface area contributed by atoms with Gasteiger partial charge in [0.05, 0.1) is 10.8 Å². The average molecular weight is 338 g/mol. The molecule has 3 rings (SSSR count). The fraction of sp³-hybridized carbons (Fsp3) is 0.357. The summed E-state index contributed by atoms with van der Waals surface area (Å²) in [5, 5.41) is 0. The highest BCUT2D eigenvalue weighted by Gasteiger charge is 2.19. The van der Waals surface area contributed by atoms with Crippen LogP contribution in [0.25, 0.3) is 11.3 Å². The van der Waals surface area contributed by atoms with Crippen molar-refractivity contribution in [2.24, 2.45) is 0 Å². The summed E-state index contributed by atoms with van der Waals surface area (Å²) in [5.74, 6) is 2.15. The lowest BCUT2D eigenvalue weighted by molar-refractivity contribution is 0.170. The number of aryl methyl sites for hydroxylation is 1. The SMILES string of the molecule is CCCn1cnc(-c2cc(Br)c3c(c2)OCCO3)c1N. The van der Waals surface area contributed by atoms with Crippen molar-refractivity contribution in [3.8, 4) is 22.8 Å². The van der Waals surface area contributed by atoms with Crippen molar-refractivity contribution in [3.05, 3.63) is 22.9 Å². The summed E-state index contributed by atoms with van der Waals surface area (Å²) >= 11 is 3.51. The molecule has 1 aromatic heterocycles. The maximum absolute atomic E-state index is 6.16. The van der Waals surface area contributed by atoms with Crippen LogP contribution in [0.3, 0.4) is 0 Å². The van der Waals surface area contributed by atoms with Crippen molar-refractivity contribution in [1.82, 2.24) is 9.55 Å². The largest absolute Gasteiger partial charge is 0.486 e. The van der Waals surface area contributed by atoms with Gasteiger partial charge in [-0.2, -0.15) is 0 Å². The smallest absolute Gasteiger partial charge is 0.175 e. The van der Waals surface area contributed by atoms with Crippen molar-refractivity contribution >= 4 is 21.7 Å². The van der Waals surface area contributed by atoms with Crippen LogP contribution in [0, 0.1) is 0 Å². The summed E-state index contributed by atoms with van der Waals surface area (Å²) in [6.45, 7) is 4.10. The van der Waals surface area contributed by atoms with Crippen molar-refractivity contribution in [2.75, 3.05) is 18.9 Å². The molecule has 0 saturated heterocycles. The standard InChI is InChI=1S/C14H16BrN3O2/c1-2-3-18-8-17-12(14(18)16)9-6-10(15)13-11(7-9)19-4-5-20-13/h6-8H,2-5,16H2,1H3. The molecule has 5 nitrogen and oxygen atoms in total. The topological polar surface area (TPSA) is 62.3 Å². The Balaban J connectivity index is 2.04. The van der Waals surface area contributed by atoms with E-state index in [-0.39, 0.29) is 0 Å². The summed E-state index contributed by atoms with van der Waals surface area (Å²) in [7, 11) is 0. The number of hydrogen-bond acceptors (Lipinski definition) is 4. The van der Waals surface area contributed by atoms with Gasteiger partial charge in [0, 0.05) is 12.1 Å². The molecule has 0 amide bonds. The van der Waals surface area contributed by atoms with E-state index in [4.69, 9.17) is 15.2 Å². The molecule has 2 aromatic rings. The number of nitrogen functional groups attached to an aromatic ring is 1. The van der Waals surface area contributed by atoms with Gasteiger partial charge in [0.15, 0.2) is 11.5 Å². The van der Waals surface area contributed by atoms with Crippen LogP contribution >= 0.6 is 15.9 Å². The Morgan fingerprint density at radius 2 is 2.15 bits per heavy atom. The van der Waals surface area contributed by atoms with Gasteiger partial charge in [-0.25, -0.2) is 4.98 Å². The monoisotopic (exact) mass is 337 g/mol. The van der Waals surface area contributed by atoms with E-state index < -0.39 is 0 Å². The second-order valence-corrected chi connectivity index (χ2v) is 5.51. The van der Waals surface area contributed by atoms with Crippen LogP contribution in [-0.4, -0.2) is 22.8 Å². The van der Waals surface area contributed by atoms with Gasteiger partial charge < -0.3 is 19.8 Å². The number of ether oxygens (including phenoxy) is 2. The Labute approximate surface area is 125 Å². The average Bonchev–Trinajstić information content (AvgIpc) is 2.81. The van der Waals surface area contributed by atoms with Crippen molar-refractivity contribution in [1.29, 1.82) is 0 Å². The molecule has 20 heavy (non-hydrogen) atoms. The van der Waals surface area contributed by atoms with Crippen LogP contribution in [0.5, 0.6) is 11.5 Å². The Kier molecular flexibility index (Phi) is 3.56. The van der Waals surface area contributed by atoms with Crippen LogP contribution in [0.15, 0.2) is 22.9 Å². The van der Waals surface area contributed by atoms with E-state index in [1.165, 1.54) is 0 Å². The number of benzene rings is 1. The molecule has 1 aromatic carbocycles. The van der Waals surface area contributed by atoms with E-state index in [2.05, 4.69) is 27.8 Å². The van der Waals surface area contributed by atoms with Gasteiger partial charge in [0.2, 0.25) is 0 Å². The first-order valence-electron chi connectivity index (χ1n) is 6.60. The Hall–Kier alpha value is -1.69. The number of hydrogen-bond donors (Lipinski definition) is 1. The number of nitrogens with zero attached hydrogens (tertiary/aromatic N) is 2. The summed E-state index contributed by atoms with van der Waals surface area (Å²) in [5.41, 5.74) is 7.86. The molecule has 106 valence electrons. The van der Waals surface area contributed by atoms with E-state index >= 15 is 0 Å². The number of nitrogens with two attached hydrogens (primary N) is 1. The fourth-order valence-corrected chi connectivity index (χ4v) is 2.84. The summed E-state index contributed by atoms with van der Waals surface area (Å²) < 4.78 is 14.0. The first kappa shape index (κ1) is 13.3. The number of imidazole rings is 1. The predicted molar refractivity (Wildman–Crippen MR) is 81.1 cm³/mol. The van der Waals surface area contributed by atoms with Gasteiger partial charge in [-0.3, -0.25) is 0 Å². The van der Waals surface area contributed by atoms with E-state index in [1.54, 1.807) is 6.33 Å². The molecule has 0 atom stereocenters. The normalized spacial score (nSPS) is 13.5. The molecule has 2 heterocycles.